The molecule has 0 radical (unpaired) electrons. The first-order valence-corrected chi connectivity index (χ1v) is 9.97. The molecule has 1 saturated heterocycles. The number of carbonyl (C=O) groups is 1. The quantitative estimate of drug-likeness (QED) is 0.584. The lowest BCUT2D eigenvalue weighted by Gasteiger charge is -2.33. The molecule has 0 spiro atoms. The number of carbonyl (C=O) groups excluding carboxylic acids is 1. The van der Waals surface area contributed by atoms with Crippen molar-refractivity contribution in [2.75, 3.05) is 0 Å². The molecule has 0 aliphatic carbocycles. The van der Waals surface area contributed by atoms with Gasteiger partial charge in [0.1, 0.15) is 6.61 Å². The highest BCUT2D eigenvalue weighted by atomic mass is 16.6. The van der Waals surface area contributed by atoms with Gasteiger partial charge in [0.25, 0.3) is 0 Å². The van der Waals surface area contributed by atoms with Crippen LogP contribution in [0.15, 0.2) is 78.9 Å². The minimum atomic E-state index is -0.190. The summed E-state index contributed by atoms with van der Waals surface area (Å²) in [6.07, 6.45) is 5.04. The number of hydrogen-bond acceptors (Lipinski definition) is 2. The zero-order valence-electron chi connectivity index (χ0n) is 15.8. The SMILES string of the molecule is O=C(OCc1ccccc1)N1C2C=C(c3cccc4ccccc34)CC1CC2. The van der Waals surface area contributed by atoms with Crippen LogP contribution in [0.4, 0.5) is 4.79 Å². The lowest BCUT2D eigenvalue weighted by Crippen LogP contribution is -2.43. The van der Waals surface area contributed by atoms with E-state index < -0.39 is 0 Å². The van der Waals surface area contributed by atoms with Gasteiger partial charge in [-0.25, -0.2) is 4.79 Å². The first-order chi connectivity index (χ1) is 13.8. The summed E-state index contributed by atoms with van der Waals surface area (Å²) in [5, 5.41) is 2.55. The molecule has 3 aromatic carbocycles. The molecule has 2 heterocycles. The van der Waals surface area contributed by atoms with Gasteiger partial charge in [0.2, 0.25) is 0 Å². The molecule has 2 atom stereocenters. The molecule has 3 heteroatoms. The van der Waals surface area contributed by atoms with Crippen molar-refractivity contribution >= 4 is 22.4 Å². The van der Waals surface area contributed by atoms with Gasteiger partial charge in [0.15, 0.2) is 0 Å². The summed E-state index contributed by atoms with van der Waals surface area (Å²) >= 11 is 0. The maximum atomic E-state index is 12.8. The highest BCUT2D eigenvalue weighted by Crippen LogP contribution is 2.40. The lowest BCUT2D eigenvalue weighted by atomic mass is 9.91. The Hall–Kier alpha value is -3.07. The van der Waals surface area contributed by atoms with Gasteiger partial charge in [0, 0.05) is 6.04 Å². The Morgan fingerprint density at radius 1 is 0.929 bits per heavy atom. The van der Waals surface area contributed by atoms with Crippen LogP contribution >= 0.6 is 0 Å². The van der Waals surface area contributed by atoms with Crippen LogP contribution in [0.2, 0.25) is 0 Å². The highest BCUT2D eigenvalue weighted by molar-refractivity contribution is 5.94. The molecule has 140 valence electrons. The molecule has 3 aromatic rings. The molecular weight excluding hydrogens is 346 g/mol. The third-order valence-corrected chi connectivity index (χ3v) is 5.95. The van der Waals surface area contributed by atoms with E-state index in [4.69, 9.17) is 4.74 Å². The second-order valence-corrected chi connectivity index (χ2v) is 7.67. The van der Waals surface area contributed by atoms with E-state index >= 15 is 0 Å². The largest absolute Gasteiger partial charge is 0.445 e. The van der Waals surface area contributed by atoms with Crippen LogP contribution < -0.4 is 0 Å². The number of ether oxygens (including phenoxy) is 1. The Balaban J connectivity index is 1.37. The first kappa shape index (κ1) is 17.1. The average Bonchev–Trinajstić information content (AvgIpc) is 3.02. The summed E-state index contributed by atoms with van der Waals surface area (Å²) in [7, 11) is 0. The Kier molecular flexibility index (Phi) is 4.36. The van der Waals surface area contributed by atoms with Gasteiger partial charge in [-0.15, -0.1) is 0 Å². The van der Waals surface area contributed by atoms with Gasteiger partial charge < -0.3 is 4.74 Å². The fourth-order valence-electron chi connectivity index (χ4n) is 4.61. The van der Waals surface area contributed by atoms with E-state index in [9.17, 15) is 4.79 Å². The van der Waals surface area contributed by atoms with Crippen molar-refractivity contribution in [2.24, 2.45) is 0 Å². The van der Waals surface area contributed by atoms with Gasteiger partial charge in [-0.05, 0) is 46.7 Å². The van der Waals surface area contributed by atoms with Gasteiger partial charge in [0.05, 0.1) is 6.04 Å². The van der Waals surface area contributed by atoms with Crippen molar-refractivity contribution in [1.82, 2.24) is 4.90 Å². The molecule has 2 bridgehead atoms. The molecule has 0 N–H and O–H groups in total. The van der Waals surface area contributed by atoms with Crippen molar-refractivity contribution < 1.29 is 9.53 Å². The van der Waals surface area contributed by atoms with Crippen molar-refractivity contribution in [3.63, 3.8) is 0 Å². The number of nitrogens with zero attached hydrogens (tertiary/aromatic N) is 1. The summed E-state index contributed by atoms with van der Waals surface area (Å²) in [4.78, 5) is 14.7. The third kappa shape index (κ3) is 3.07. The molecule has 0 saturated carbocycles. The molecule has 3 nitrogen and oxygen atoms in total. The summed E-state index contributed by atoms with van der Waals surface area (Å²) in [6, 6.07) is 25.2. The molecule has 1 fully saturated rings. The molecule has 0 aromatic heterocycles. The van der Waals surface area contributed by atoms with E-state index in [-0.39, 0.29) is 18.2 Å². The van der Waals surface area contributed by atoms with Crippen LogP contribution in [-0.2, 0) is 11.3 Å². The summed E-state index contributed by atoms with van der Waals surface area (Å²) in [5.41, 5.74) is 3.68. The van der Waals surface area contributed by atoms with E-state index in [1.807, 2.05) is 35.2 Å². The first-order valence-electron chi connectivity index (χ1n) is 9.97. The fourth-order valence-corrected chi connectivity index (χ4v) is 4.61. The van der Waals surface area contributed by atoms with Crippen LogP contribution in [0.5, 0.6) is 0 Å². The normalized spacial score (nSPS) is 20.9. The van der Waals surface area contributed by atoms with E-state index in [2.05, 4.69) is 48.5 Å². The minimum Gasteiger partial charge on any atom is -0.445 e. The van der Waals surface area contributed by atoms with Crippen LogP contribution in [0.3, 0.4) is 0 Å². The van der Waals surface area contributed by atoms with Crippen LogP contribution in [0, 0.1) is 0 Å². The van der Waals surface area contributed by atoms with Gasteiger partial charge in [-0.1, -0.05) is 78.9 Å². The molecule has 2 aliphatic rings. The Bertz CT molecular complexity index is 1040. The number of fused-ring (bicyclic) bond motifs is 3. The minimum absolute atomic E-state index is 0.135. The van der Waals surface area contributed by atoms with Crippen molar-refractivity contribution in [3.05, 3.63) is 90.0 Å². The standard InChI is InChI=1S/C25H23NO2/c27-25(28-17-18-7-2-1-3-8-18)26-21-13-14-22(26)16-20(15-21)24-12-6-10-19-9-4-5-11-23(19)24/h1-12,15,21-22H,13-14,16-17H2. The molecule has 28 heavy (non-hydrogen) atoms. The smallest absolute Gasteiger partial charge is 0.410 e. The van der Waals surface area contributed by atoms with Crippen molar-refractivity contribution in [1.29, 1.82) is 0 Å². The summed E-state index contributed by atoms with van der Waals surface area (Å²) in [5.74, 6) is 0. The molecular formula is C25H23NO2. The zero-order valence-corrected chi connectivity index (χ0v) is 15.8. The van der Waals surface area contributed by atoms with Crippen LogP contribution in [0.1, 0.15) is 30.4 Å². The fraction of sp³-hybridized carbons (Fsp3) is 0.240. The molecule has 2 aliphatic heterocycles. The van der Waals surface area contributed by atoms with Crippen molar-refractivity contribution in [3.8, 4) is 0 Å². The predicted octanol–water partition coefficient (Wildman–Crippen LogP) is 5.80. The van der Waals surface area contributed by atoms with Gasteiger partial charge in [-0.3, -0.25) is 4.90 Å². The van der Waals surface area contributed by atoms with Crippen LogP contribution in [0.25, 0.3) is 16.3 Å². The van der Waals surface area contributed by atoms with Crippen molar-refractivity contribution in [2.45, 2.75) is 38.0 Å². The van der Waals surface area contributed by atoms with Crippen LogP contribution in [-0.4, -0.2) is 23.1 Å². The van der Waals surface area contributed by atoms with E-state index in [0.717, 1.165) is 24.8 Å². The predicted molar refractivity (Wildman–Crippen MR) is 112 cm³/mol. The number of benzene rings is 3. The maximum Gasteiger partial charge on any atom is 0.410 e. The van der Waals surface area contributed by atoms with Gasteiger partial charge in [-0.2, -0.15) is 0 Å². The molecule has 5 rings (SSSR count). The van der Waals surface area contributed by atoms with E-state index in [0.29, 0.717) is 6.61 Å². The highest BCUT2D eigenvalue weighted by Gasteiger charge is 2.40. The number of rotatable bonds is 3. The number of amides is 1. The lowest BCUT2D eigenvalue weighted by molar-refractivity contribution is 0.0832. The summed E-state index contributed by atoms with van der Waals surface area (Å²) < 4.78 is 5.62. The van der Waals surface area contributed by atoms with E-state index in [1.165, 1.54) is 21.9 Å². The Morgan fingerprint density at radius 3 is 2.57 bits per heavy atom. The molecule has 1 amide bonds. The average molecular weight is 369 g/mol. The second kappa shape index (κ2) is 7.16. The Morgan fingerprint density at radius 2 is 1.71 bits per heavy atom. The maximum absolute atomic E-state index is 12.8. The molecule has 2 unspecified atom stereocenters. The zero-order chi connectivity index (χ0) is 18.9. The van der Waals surface area contributed by atoms with Gasteiger partial charge >= 0.3 is 6.09 Å². The van der Waals surface area contributed by atoms with E-state index in [1.54, 1.807) is 0 Å². The summed E-state index contributed by atoms with van der Waals surface area (Å²) in [6.45, 7) is 0.329. The third-order valence-electron chi connectivity index (χ3n) is 5.95. The topological polar surface area (TPSA) is 29.5 Å². The Labute approximate surface area is 165 Å². The monoisotopic (exact) mass is 369 g/mol. The second-order valence-electron chi connectivity index (χ2n) is 7.67. The number of hydrogen-bond donors (Lipinski definition) is 0.